The van der Waals surface area contributed by atoms with Gasteiger partial charge in [0.15, 0.2) is 0 Å². The molecule has 12 heteroatoms. The van der Waals surface area contributed by atoms with E-state index >= 15 is 0 Å². The summed E-state index contributed by atoms with van der Waals surface area (Å²) in [6.45, 7) is 5.88. The van der Waals surface area contributed by atoms with E-state index in [1.54, 1.807) is 0 Å². The topological polar surface area (TPSA) is 178 Å². The minimum Gasteiger partial charge on any atom is -0.469 e. The van der Waals surface area contributed by atoms with Crippen LogP contribution in [0.4, 0.5) is 0 Å². The SMILES string of the molecule is COC(=O)C1CCC(CO)CC1.COC(=O)C1CCC(COCc2ccccc2)CC1.O=CC1CCC(COCc2ccccc2)CC1.OCC1CCC(CO)CC1.OCC1CCC(COCc2ccccc2)CC1. The first kappa shape index (κ1) is 63.5. The molecule has 12 nitrogen and oxygen atoms in total. The number of methoxy groups -OCH3 is 2. The van der Waals surface area contributed by atoms with Crippen molar-refractivity contribution in [2.45, 2.75) is 148 Å². The van der Waals surface area contributed by atoms with E-state index in [2.05, 4.69) is 41.1 Å². The van der Waals surface area contributed by atoms with Crippen LogP contribution in [-0.4, -0.2) is 99.1 Å². The third-order valence-electron chi connectivity index (χ3n) is 16.2. The van der Waals surface area contributed by atoms with Crippen molar-refractivity contribution in [1.29, 1.82) is 0 Å². The Labute approximate surface area is 450 Å². The first-order valence-corrected chi connectivity index (χ1v) is 28.6. The van der Waals surface area contributed by atoms with Gasteiger partial charge < -0.3 is 48.9 Å². The molecule has 0 atom stereocenters. The molecule has 0 unspecified atom stereocenters. The second-order valence-corrected chi connectivity index (χ2v) is 21.9. The van der Waals surface area contributed by atoms with Crippen LogP contribution in [0.25, 0.3) is 0 Å². The normalized spacial score (nSPS) is 26.3. The highest BCUT2D eigenvalue weighted by Crippen LogP contribution is 2.32. The zero-order chi connectivity index (χ0) is 53.7. The van der Waals surface area contributed by atoms with Gasteiger partial charge in [0.2, 0.25) is 0 Å². The summed E-state index contributed by atoms with van der Waals surface area (Å²) in [5.41, 5.74) is 3.69. The van der Waals surface area contributed by atoms with Gasteiger partial charge in [0.05, 0.1) is 45.9 Å². The van der Waals surface area contributed by atoms with E-state index in [0.717, 1.165) is 148 Å². The third kappa shape index (κ3) is 26.7. The van der Waals surface area contributed by atoms with Crippen molar-refractivity contribution in [1.82, 2.24) is 0 Å². The molecule has 5 aliphatic carbocycles. The Balaban J connectivity index is 0.000000206. The van der Waals surface area contributed by atoms with Gasteiger partial charge >= 0.3 is 11.9 Å². The second kappa shape index (κ2) is 39.4. The quantitative estimate of drug-likeness (QED) is 0.0661. The van der Waals surface area contributed by atoms with Crippen molar-refractivity contribution < 1.29 is 58.5 Å². The van der Waals surface area contributed by atoms with Gasteiger partial charge in [-0.2, -0.15) is 0 Å². The molecule has 420 valence electrons. The van der Waals surface area contributed by atoms with Crippen molar-refractivity contribution >= 4 is 18.2 Å². The zero-order valence-corrected chi connectivity index (χ0v) is 45.8. The number of benzene rings is 3. The lowest BCUT2D eigenvalue weighted by Crippen LogP contribution is -2.24. The van der Waals surface area contributed by atoms with Gasteiger partial charge in [0.1, 0.15) is 6.29 Å². The van der Waals surface area contributed by atoms with Crippen LogP contribution in [0.15, 0.2) is 91.0 Å². The maximum absolute atomic E-state index is 11.4. The maximum atomic E-state index is 11.4. The maximum Gasteiger partial charge on any atom is 0.308 e. The van der Waals surface area contributed by atoms with Gasteiger partial charge in [-0.1, -0.05) is 91.0 Å². The molecular formula is C63H96O12. The van der Waals surface area contributed by atoms with Crippen LogP contribution in [-0.2, 0) is 57.9 Å². The summed E-state index contributed by atoms with van der Waals surface area (Å²) in [7, 11) is 2.90. The minimum atomic E-state index is -0.0913. The first-order chi connectivity index (χ1) is 36.7. The summed E-state index contributed by atoms with van der Waals surface area (Å²) in [4.78, 5) is 33.1. The standard InChI is InChI=1S/C16H22O3.C15H22O2.C15H20O2.C9H16O3.C8H16O2/c1-18-16(17)15-9-7-14(8-10-15)12-19-11-13-5-3-2-4-6-13;2*16-10-13-6-8-15(9-7-13)12-17-11-14-4-2-1-3-5-14;1-12-9(11)8-4-2-7(6-10)3-5-8;9-5-7-1-2-8(6-10)4-3-7/h2-6,14-15H,7-12H2,1H3;1-5,13,15-16H,6-12H2;1-5,10,13,15H,6-9,11-12H2;7-8,10H,2-6H2,1H3;7-10H,1-6H2. The van der Waals surface area contributed by atoms with Gasteiger partial charge in [0, 0.05) is 52.2 Å². The van der Waals surface area contributed by atoms with Crippen molar-refractivity contribution in [3.8, 4) is 0 Å². The molecule has 0 amide bonds. The van der Waals surface area contributed by atoms with E-state index in [1.165, 1.54) is 43.8 Å². The molecule has 8 rings (SSSR count). The summed E-state index contributed by atoms with van der Waals surface area (Å²) in [5.74, 6) is 4.27. The third-order valence-corrected chi connectivity index (χ3v) is 16.2. The monoisotopic (exact) mass is 1040 g/mol. The van der Waals surface area contributed by atoms with Gasteiger partial charge in [0.25, 0.3) is 0 Å². The molecule has 0 heterocycles. The Kier molecular flexibility index (Phi) is 33.3. The number of hydrogen-bond acceptors (Lipinski definition) is 12. The molecule has 0 saturated heterocycles. The van der Waals surface area contributed by atoms with Gasteiger partial charge in [-0.05, 0) is 187 Å². The predicted molar refractivity (Wildman–Crippen MR) is 294 cm³/mol. The van der Waals surface area contributed by atoms with Gasteiger partial charge in [-0.25, -0.2) is 0 Å². The molecule has 0 aliphatic heterocycles. The number of ether oxygens (including phenoxy) is 5. The van der Waals surface area contributed by atoms with Gasteiger partial charge in [-0.3, -0.25) is 9.59 Å². The number of aliphatic hydroxyl groups is 4. The number of carbonyl (C=O) groups is 3. The number of aliphatic hydroxyl groups excluding tert-OH is 4. The van der Waals surface area contributed by atoms with Crippen LogP contribution in [0, 0.1) is 59.2 Å². The van der Waals surface area contributed by atoms with Crippen molar-refractivity contribution in [3.63, 3.8) is 0 Å². The fourth-order valence-electron chi connectivity index (χ4n) is 10.9. The average Bonchev–Trinajstić information content (AvgIpc) is 3.49. The van der Waals surface area contributed by atoms with Crippen LogP contribution < -0.4 is 0 Å². The number of hydrogen-bond donors (Lipinski definition) is 4. The fourth-order valence-corrected chi connectivity index (χ4v) is 10.9. The van der Waals surface area contributed by atoms with Crippen LogP contribution in [0.3, 0.4) is 0 Å². The smallest absolute Gasteiger partial charge is 0.308 e. The van der Waals surface area contributed by atoms with Crippen molar-refractivity contribution in [3.05, 3.63) is 108 Å². The molecule has 0 bridgehead atoms. The minimum absolute atomic E-state index is 0.0522. The highest BCUT2D eigenvalue weighted by Gasteiger charge is 2.28. The zero-order valence-electron chi connectivity index (χ0n) is 45.8. The van der Waals surface area contributed by atoms with E-state index in [4.69, 9.17) is 39.4 Å². The Morgan fingerprint density at radius 3 is 0.880 bits per heavy atom. The van der Waals surface area contributed by atoms with E-state index in [0.29, 0.717) is 80.4 Å². The van der Waals surface area contributed by atoms with Crippen LogP contribution in [0.5, 0.6) is 0 Å². The Morgan fingerprint density at radius 2 is 0.627 bits per heavy atom. The molecule has 4 N–H and O–H groups in total. The van der Waals surface area contributed by atoms with Crippen molar-refractivity contribution in [2.24, 2.45) is 59.2 Å². The summed E-state index contributed by atoms with van der Waals surface area (Å²) < 4.78 is 26.7. The van der Waals surface area contributed by atoms with Crippen LogP contribution in [0.1, 0.15) is 145 Å². The van der Waals surface area contributed by atoms with Gasteiger partial charge in [-0.15, -0.1) is 0 Å². The second-order valence-electron chi connectivity index (χ2n) is 21.9. The molecule has 5 aliphatic rings. The highest BCUT2D eigenvalue weighted by molar-refractivity contribution is 5.72. The number of aldehydes is 1. The Hall–Kier alpha value is -4.01. The lowest BCUT2D eigenvalue weighted by Gasteiger charge is -2.27. The number of carbonyl (C=O) groups excluding carboxylic acids is 3. The summed E-state index contributed by atoms with van der Waals surface area (Å²) in [6, 6.07) is 30.8. The summed E-state index contributed by atoms with van der Waals surface area (Å²) in [6.07, 6.45) is 22.3. The molecule has 0 aromatic heterocycles. The lowest BCUT2D eigenvalue weighted by molar-refractivity contribution is -0.147. The van der Waals surface area contributed by atoms with Crippen LogP contribution >= 0.6 is 0 Å². The molecule has 5 fully saturated rings. The lowest BCUT2D eigenvalue weighted by atomic mass is 9.82. The number of esters is 2. The number of rotatable bonds is 19. The molecule has 0 radical (unpaired) electrons. The molecule has 0 spiro atoms. The molecule has 3 aromatic carbocycles. The van der Waals surface area contributed by atoms with E-state index in [1.807, 2.05) is 54.6 Å². The predicted octanol–water partition coefficient (Wildman–Crippen LogP) is 11.1. The van der Waals surface area contributed by atoms with E-state index in [9.17, 15) is 14.4 Å². The molecular weight excluding hydrogens is 949 g/mol. The first-order valence-electron chi connectivity index (χ1n) is 28.6. The van der Waals surface area contributed by atoms with Crippen molar-refractivity contribution in [2.75, 3.05) is 60.5 Å². The summed E-state index contributed by atoms with van der Waals surface area (Å²) in [5, 5.41) is 35.5. The Morgan fingerprint density at radius 1 is 0.387 bits per heavy atom. The Bertz CT molecular complexity index is 1830. The average molecular weight is 1050 g/mol. The largest absolute Gasteiger partial charge is 0.469 e. The summed E-state index contributed by atoms with van der Waals surface area (Å²) >= 11 is 0. The molecule has 3 aromatic rings. The molecule has 75 heavy (non-hydrogen) atoms. The fraction of sp³-hybridized carbons (Fsp3) is 0.667. The van der Waals surface area contributed by atoms with E-state index in [-0.39, 0.29) is 30.4 Å². The van der Waals surface area contributed by atoms with E-state index < -0.39 is 0 Å². The highest BCUT2D eigenvalue weighted by atomic mass is 16.5. The van der Waals surface area contributed by atoms with Crippen LogP contribution in [0.2, 0.25) is 0 Å². The molecule has 5 saturated carbocycles.